The number of carbonyl (C=O) groups is 2. The summed E-state index contributed by atoms with van der Waals surface area (Å²) in [6.07, 6.45) is 2.60. The third-order valence-electron chi connectivity index (χ3n) is 7.07. The number of halogens is 1. The zero-order chi connectivity index (χ0) is 20.3. The van der Waals surface area contributed by atoms with Crippen LogP contribution in [0.3, 0.4) is 0 Å². The highest BCUT2D eigenvalue weighted by atomic mass is 19.1. The van der Waals surface area contributed by atoms with Crippen LogP contribution in [0.4, 0.5) is 4.39 Å². The molecule has 5 rings (SSSR count). The summed E-state index contributed by atoms with van der Waals surface area (Å²) in [7, 11) is 0. The molecule has 152 valence electrons. The molecule has 0 spiro atoms. The monoisotopic (exact) mass is 396 g/mol. The lowest BCUT2D eigenvalue weighted by Crippen LogP contribution is -2.52. The number of benzene rings is 1. The van der Waals surface area contributed by atoms with Gasteiger partial charge in [-0.15, -0.1) is 0 Å². The normalized spacial score (nSPS) is 33.7. The molecule has 1 aliphatic carbocycles. The van der Waals surface area contributed by atoms with Crippen LogP contribution in [-0.4, -0.2) is 63.8 Å². The van der Waals surface area contributed by atoms with E-state index in [1.807, 2.05) is 22.8 Å². The number of hydrogen-bond acceptors (Lipinski definition) is 4. The quantitative estimate of drug-likeness (QED) is 0.761. The van der Waals surface area contributed by atoms with Gasteiger partial charge in [-0.05, 0) is 42.9 Å². The van der Waals surface area contributed by atoms with Crippen LogP contribution in [0.2, 0.25) is 0 Å². The average molecular weight is 396 g/mol. The van der Waals surface area contributed by atoms with Crippen molar-refractivity contribution in [3.63, 3.8) is 0 Å². The maximum atomic E-state index is 13.5. The third kappa shape index (κ3) is 3.10. The van der Waals surface area contributed by atoms with Gasteiger partial charge >= 0.3 is 0 Å². The first-order chi connectivity index (χ1) is 14.0. The van der Waals surface area contributed by atoms with Crippen LogP contribution in [-0.2, 0) is 16.1 Å². The Morgan fingerprint density at radius 3 is 2.90 bits per heavy atom. The first kappa shape index (κ1) is 18.6. The largest absolute Gasteiger partial charge is 0.333 e. The van der Waals surface area contributed by atoms with E-state index in [9.17, 15) is 19.2 Å². The fourth-order valence-electron chi connectivity index (χ4n) is 5.55. The Kier molecular flexibility index (Phi) is 4.36. The second-order valence-corrected chi connectivity index (χ2v) is 9.05. The summed E-state index contributed by atoms with van der Waals surface area (Å²) in [5, 5.41) is 9.35. The Bertz CT molecular complexity index is 899. The first-order valence-corrected chi connectivity index (χ1v) is 10.5. The van der Waals surface area contributed by atoms with Crippen LogP contribution in [0.15, 0.2) is 24.3 Å². The Morgan fingerprint density at radius 2 is 2.17 bits per heavy atom. The minimum atomic E-state index is -0.288. The summed E-state index contributed by atoms with van der Waals surface area (Å²) in [6.45, 7) is 3.64. The highest BCUT2D eigenvalue weighted by Crippen LogP contribution is 2.48. The number of carbonyl (C=O) groups excluding carboxylic acids is 2. The number of amides is 2. The molecule has 2 amide bonds. The average Bonchev–Trinajstić information content (AvgIpc) is 3.04. The van der Waals surface area contributed by atoms with Crippen molar-refractivity contribution in [1.29, 1.82) is 5.26 Å². The molecule has 7 heteroatoms. The van der Waals surface area contributed by atoms with Gasteiger partial charge in [0.2, 0.25) is 11.8 Å². The number of nitriles is 1. The molecule has 0 aromatic heterocycles. The predicted octanol–water partition coefficient (Wildman–Crippen LogP) is 1.76. The van der Waals surface area contributed by atoms with Crippen LogP contribution in [0, 0.1) is 29.0 Å². The molecule has 3 aliphatic heterocycles. The minimum absolute atomic E-state index is 0.0494. The van der Waals surface area contributed by atoms with E-state index in [1.54, 1.807) is 6.07 Å². The molecule has 6 atom stereocenters. The van der Waals surface area contributed by atoms with Crippen LogP contribution in [0.1, 0.15) is 31.7 Å². The number of piperazine rings is 1. The molecule has 29 heavy (non-hydrogen) atoms. The van der Waals surface area contributed by atoms with Gasteiger partial charge in [-0.1, -0.05) is 19.1 Å². The highest BCUT2D eigenvalue weighted by molar-refractivity contribution is 5.86. The SMILES string of the molecule is C[C@@H](CN1C[C@H]2C[C@@H]1C(=O)N2Cc1cccc(F)c1)C(=O)N1[C@H](C#N)C[C@@H]2C[C@@H]21. The van der Waals surface area contributed by atoms with Gasteiger partial charge in [0.15, 0.2) is 0 Å². The summed E-state index contributed by atoms with van der Waals surface area (Å²) in [5.74, 6) is 0.117. The Morgan fingerprint density at radius 1 is 1.34 bits per heavy atom. The molecule has 1 saturated carbocycles. The first-order valence-electron chi connectivity index (χ1n) is 10.5. The van der Waals surface area contributed by atoms with Crippen molar-refractivity contribution in [3.8, 4) is 6.07 Å². The van der Waals surface area contributed by atoms with Gasteiger partial charge in [-0.25, -0.2) is 4.39 Å². The molecule has 2 bridgehead atoms. The maximum absolute atomic E-state index is 13.5. The minimum Gasteiger partial charge on any atom is -0.333 e. The van der Waals surface area contributed by atoms with E-state index >= 15 is 0 Å². The van der Waals surface area contributed by atoms with Gasteiger partial charge in [-0.2, -0.15) is 5.26 Å². The Balaban J connectivity index is 1.21. The predicted molar refractivity (Wildman–Crippen MR) is 103 cm³/mol. The highest BCUT2D eigenvalue weighted by Gasteiger charge is 2.55. The molecular formula is C22H25FN4O2. The lowest BCUT2D eigenvalue weighted by atomic mass is 10.1. The van der Waals surface area contributed by atoms with Crippen molar-refractivity contribution < 1.29 is 14.0 Å². The molecule has 4 fully saturated rings. The number of nitrogens with zero attached hydrogens (tertiary/aromatic N) is 4. The van der Waals surface area contributed by atoms with Gasteiger partial charge in [-0.3, -0.25) is 14.5 Å². The van der Waals surface area contributed by atoms with Gasteiger partial charge in [0.05, 0.1) is 12.1 Å². The fraction of sp³-hybridized carbons (Fsp3) is 0.591. The maximum Gasteiger partial charge on any atom is 0.240 e. The van der Waals surface area contributed by atoms with Crippen molar-refractivity contribution in [2.45, 2.75) is 56.9 Å². The molecule has 1 aromatic rings. The molecule has 0 unspecified atom stereocenters. The fourth-order valence-corrected chi connectivity index (χ4v) is 5.55. The number of rotatable bonds is 5. The molecule has 0 radical (unpaired) electrons. The van der Waals surface area contributed by atoms with Gasteiger partial charge < -0.3 is 9.80 Å². The lowest BCUT2D eigenvalue weighted by Gasteiger charge is -2.36. The van der Waals surface area contributed by atoms with Gasteiger partial charge in [0, 0.05) is 37.6 Å². The molecular weight excluding hydrogens is 371 g/mol. The zero-order valence-corrected chi connectivity index (χ0v) is 16.5. The van der Waals surface area contributed by atoms with Crippen LogP contribution >= 0.6 is 0 Å². The zero-order valence-electron chi connectivity index (χ0n) is 16.5. The van der Waals surface area contributed by atoms with Crippen LogP contribution in [0.5, 0.6) is 0 Å². The number of piperidine rings is 1. The summed E-state index contributed by atoms with van der Waals surface area (Å²) < 4.78 is 13.5. The second kappa shape index (κ2) is 6.81. The van der Waals surface area contributed by atoms with E-state index in [4.69, 9.17) is 0 Å². The second-order valence-electron chi connectivity index (χ2n) is 9.05. The topological polar surface area (TPSA) is 67.7 Å². The molecule has 3 heterocycles. The molecule has 1 aromatic carbocycles. The van der Waals surface area contributed by atoms with Crippen molar-refractivity contribution in [2.24, 2.45) is 11.8 Å². The summed E-state index contributed by atoms with van der Waals surface area (Å²) >= 11 is 0. The lowest BCUT2D eigenvalue weighted by molar-refractivity contribution is -0.141. The number of fused-ring (bicyclic) bond motifs is 3. The third-order valence-corrected chi connectivity index (χ3v) is 7.07. The molecule has 3 saturated heterocycles. The van der Waals surface area contributed by atoms with E-state index in [0.29, 0.717) is 19.0 Å². The Labute approximate surface area is 169 Å². The van der Waals surface area contributed by atoms with Crippen molar-refractivity contribution in [3.05, 3.63) is 35.6 Å². The van der Waals surface area contributed by atoms with Crippen molar-refractivity contribution in [2.75, 3.05) is 13.1 Å². The smallest absolute Gasteiger partial charge is 0.240 e. The van der Waals surface area contributed by atoms with E-state index in [2.05, 4.69) is 11.0 Å². The van der Waals surface area contributed by atoms with Crippen LogP contribution < -0.4 is 0 Å². The number of likely N-dealkylation sites (tertiary alicyclic amines) is 3. The van der Waals surface area contributed by atoms with E-state index in [0.717, 1.165) is 31.4 Å². The summed E-state index contributed by atoms with van der Waals surface area (Å²) in [6, 6.07) is 8.56. The molecule has 0 N–H and O–H groups in total. The van der Waals surface area contributed by atoms with Gasteiger partial charge in [0.25, 0.3) is 0 Å². The van der Waals surface area contributed by atoms with Crippen molar-refractivity contribution >= 4 is 11.8 Å². The van der Waals surface area contributed by atoms with E-state index < -0.39 is 0 Å². The Hall–Kier alpha value is -2.46. The summed E-state index contributed by atoms with van der Waals surface area (Å²) in [4.78, 5) is 31.6. The molecule has 4 aliphatic rings. The van der Waals surface area contributed by atoms with Gasteiger partial charge in [0.1, 0.15) is 11.9 Å². The van der Waals surface area contributed by atoms with E-state index in [1.165, 1.54) is 12.1 Å². The van der Waals surface area contributed by atoms with Crippen molar-refractivity contribution in [1.82, 2.24) is 14.7 Å². The molecule has 6 nitrogen and oxygen atoms in total. The van der Waals surface area contributed by atoms with Crippen LogP contribution in [0.25, 0.3) is 0 Å². The summed E-state index contributed by atoms with van der Waals surface area (Å²) in [5.41, 5.74) is 0.802. The standard InChI is InChI=1S/C22H25FN4O2/c1-13(21(28)27-17(9-24)6-15-7-19(15)27)10-25-12-18-8-20(25)22(29)26(18)11-14-3-2-4-16(23)5-14/h2-5,13,15,17-20H,6-8,10-12H2,1H3/t13-,15+,17-,18+,19-,20+/m0/s1. The van der Waals surface area contributed by atoms with E-state index in [-0.39, 0.29) is 47.7 Å². The number of hydrogen-bond donors (Lipinski definition) is 0.